The molecule has 0 unspecified atom stereocenters. The number of carbonyl (C=O) groups is 1. The number of anilines is 1. The molecular weight excluding hydrogens is 402 g/mol. The van der Waals surface area contributed by atoms with Gasteiger partial charge < -0.3 is 19.1 Å². The van der Waals surface area contributed by atoms with Gasteiger partial charge in [-0.2, -0.15) is 0 Å². The lowest BCUT2D eigenvalue weighted by atomic mass is 10.0. The first-order valence-electron chi connectivity index (χ1n) is 11.5. The van der Waals surface area contributed by atoms with Crippen LogP contribution in [0, 0.1) is 0 Å². The molecule has 3 aromatic rings. The van der Waals surface area contributed by atoms with Gasteiger partial charge in [0, 0.05) is 30.3 Å². The van der Waals surface area contributed by atoms with E-state index in [-0.39, 0.29) is 11.9 Å². The molecule has 2 aromatic carbocycles. The second-order valence-electron chi connectivity index (χ2n) is 8.62. The van der Waals surface area contributed by atoms with Crippen molar-refractivity contribution >= 4 is 11.8 Å². The number of rotatable bonds is 7. The molecule has 1 aromatic heterocycles. The van der Waals surface area contributed by atoms with Gasteiger partial charge in [0.15, 0.2) is 0 Å². The van der Waals surface area contributed by atoms with Crippen molar-refractivity contribution in [1.29, 1.82) is 0 Å². The molecule has 2 fully saturated rings. The molecule has 1 saturated carbocycles. The third-order valence-corrected chi connectivity index (χ3v) is 6.35. The average Bonchev–Trinajstić information content (AvgIpc) is 3.62. The summed E-state index contributed by atoms with van der Waals surface area (Å²) in [6.07, 6.45) is 5.60. The van der Waals surface area contributed by atoms with E-state index in [9.17, 15) is 4.79 Å². The molecule has 5 rings (SSSR count). The number of nitrogens with zero attached hydrogens (tertiary/aromatic N) is 3. The molecule has 1 aliphatic heterocycles. The minimum absolute atomic E-state index is 0.0243. The first-order chi connectivity index (χ1) is 15.7. The lowest BCUT2D eigenvalue weighted by Crippen LogP contribution is -2.34. The summed E-state index contributed by atoms with van der Waals surface area (Å²) in [5.41, 5.74) is 3.49. The summed E-state index contributed by atoms with van der Waals surface area (Å²) in [6.45, 7) is 2.41. The zero-order chi connectivity index (χ0) is 21.9. The lowest BCUT2D eigenvalue weighted by molar-refractivity contribution is 0.0730. The van der Waals surface area contributed by atoms with Crippen LogP contribution in [0.25, 0.3) is 11.3 Å². The van der Waals surface area contributed by atoms with Gasteiger partial charge in [-0.15, -0.1) is 0 Å². The molecule has 0 spiro atoms. The van der Waals surface area contributed by atoms with Crippen LogP contribution in [0.15, 0.2) is 59.1 Å². The van der Waals surface area contributed by atoms with Crippen LogP contribution in [0.3, 0.4) is 0 Å². The van der Waals surface area contributed by atoms with Crippen LogP contribution in [-0.4, -0.2) is 42.2 Å². The van der Waals surface area contributed by atoms with Crippen LogP contribution in [0.2, 0.25) is 0 Å². The Kier molecular flexibility index (Phi) is 5.84. The molecule has 1 aliphatic carbocycles. The molecule has 6 heteroatoms. The lowest BCUT2D eigenvalue weighted by Gasteiger charge is -2.28. The van der Waals surface area contributed by atoms with Crippen molar-refractivity contribution in [2.75, 3.05) is 25.1 Å². The van der Waals surface area contributed by atoms with Gasteiger partial charge in [-0.3, -0.25) is 4.79 Å². The third-order valence-electron chi connectivity index (χ3n) is 6.35. The number of aromatic nitrogens is 1. The Labute approximate surface area is 188 Å². The fraction of sp³-hybridized carbons (Fsp3) is 0.385. The Hall–Kier alpha value is -3.28. The largest absolute Gasteiger partial charge is 0.497 e. The van der Waals surface area contributed by atoms with E-state index in [0.717, 1.165) is 61.5 Å². The Morgan fingerprint density at radius 3 is 2.59 bits per heavy atom. The molecule has 0 radical (unpaired) electrons. The summed E-state index contributed by atoms with van der Waals surface area (Å²) in [7, 11) is 1.62. The molecule has 2 heterocycles. The number of piperidine rings is 1. The summed E-state index contributed by atoms with van der Waals surface area (Å²) in [5.74, 6) is 1.53. The van der Waals surface area contributed by atoms with Crippen molar-refractivity contribution in [3.05, 3.63) is 65.7 Å². The molecule has 0 N–H and O–H groups in total. The van der Waals surface area contributed by atoms with E-state index in [1.54, 1.807) is 7.11 Å². The van der Waals surface area contributed by atoms with E-state index in [1.807, 2.05) is 59.5 Å². The van der Waals surface area contributed by atoms with Crippen molar-refractivity contribution in [3.8, 4) is 17.0 Å². The standard InChI is InChI=1S/C26H29N3O3/c1-31-22-12-8-11-20(17-22)25(30)29(21-13-14-21)18-23-24(19-9-4-2-5-10-19)27-32-26(23)28-15-6-3-7-16-28/h2,4-5,8-12,17,21H,3,6-7,13-16,18H2,1H3. The van der Waals surface area contributed by atoms with Crippen LogP contribution in [0.1, 0.15) is 48.0 Å². The number of hydrogen-bond donors (Lipinski definition) is 0. The first kappa shape index (κ1) is 20.6. The zero-order valence-corrected chi connectivity index (χ0v) is 18.5. The number of ether oxygens (including phenoxy) is 1. The minimum atomic E-state index is 0.0243. The van der Waals surface area contributed by atoms with E-state index in [1.165, 1.54) is 6.42 Å². The predicted octanol–water partition coefficient (Wildman–Crippen LogP) is 5.15. The Morgan fingerprint density at radius 1 is 1.09 bits per heavy atom. The van der Waals surface area contributed by atoms with E-state index in [4.69, 9.17) is 9.26 Å². The molecular formula is C26H29N3O3. The summed E-state index contributed by atoms with van der Waals surface area (Å²) < 4.78 is 11.3. The Morgan fingerprint density at radius 2 is 1.88 bits per heavy atom. The van der Waals surface area contributed by atoms with Crippen molar-refractivity contribution in [2.24, 2.45) is 0 Å². The second-order valence-corrected chi connectivity index (χ2v) is 8.62. The molecule has 166 valence electrons. The maximum atomic E-state index is 13.6. The number of amides is 1. The molecule has 1 saturated heterocycles. The van der Waals surface area contributed by atoms with Gasteiger partial charge >= 0.3 is 0 Å². The van der Waals surface area contributed by atoms with Crippen LogP contribution in [0.5, 0.6) is 5.75 Å². The predicted molar refractivity (Wildman–Crippen MR) is 124 cm³/mol. The Balaban J connectivity index is 1.51. The highest BCUT2D eigenvalue weighted by Gasteiger charge is 2.36. The summed E-state index contributed by atoms with van der Waals surface area (Å²) in [5, 5.41) is 4.48. The Bertz CT molecular complexity index is 1070. The second kappa shape index (κ2) is 9.07. The number of hydrogen-bond acceptors (Lipinski definition) is 5. The quantitative estimate of drug-likeness (QED) is 0.518. The molecule has 6 nitrogen and oxygen atoms in total. The maximum Gasteiger partial charge on any atom is 0.254 e. The van der Waals surface area contributed by atoms with E-state index < -0.39 is 0 Å². The first-order valence-corrected chi connectivity index (χ1v) is 11.5. The van der Waals surface area contributed by atoms with Gasteiger partial charge in [-0.25, -0.2) is 0 Å². The number of carbonyl (C=O) groups excluding carboxylic acids is 1. The monoisotopic (exact) mass is 431 g/mol. The number of methoxy groups -OCH3 is 1. The third kappa shape index (κ3) is 4.22. The smallest absolute Gasteiger partial charge is 0.254 e. The highest BCUT2D eigenvalue weighted by molar-refractivity contribution is 5.95. The van der Waals surface area contributed by atoms with Gasteiger partial charge in [-0.1, -0.05) is 41.6 Å². The van der Waals surface area contributed by atoms with Gasteiger partial charge in [0.25, 0.3) is 5.91 Å². The molecule has 0 atom stereocenters. The van der Waals surface area contributed by atoms with E-state index >= 15 is 0 Å². The molecule has 2 aliphatic rings. The normalized spacial score (nSPS) is 16.1. The van der Waals surface area contributed by atoms with E-state index in [0.29, 0.717) is 17.9 Å². The van der Waals surface area contributed by atoms with Gasteiger partial charge in [-0.05, 0) is 50.3 Å². The van der Waals surface area contributed by atoms with Crippen molar-refractivity contribution in [1.82, 2.24) is 10.1 Å². The fourth-order valence-corrected chi connectivity index (χ4v) is 4.46. The van der Waals surface area contributed by atoms with Crippen LogP contribution >= 0.6 is 0 Å². The van der Waals surface area contributed by atoms with Crippen molar-refractivity contribution in [3.63, 3.8) is 0 Å². The summed E-state index contributed by atoms with van der Waals surface area (Å²) in [6, 6.07) is 17.8. The fourth-order valence-electron chi connectivity index (χ4n) is 4.46. The van der Waals surface area contributed by atoms with Crippen molar-refractivity contribution in [2.45, 2.75) is 44.7 Å². The molecule has 32 heavy (non-hydrogen) atoms. The maximum absolute atomic E-state index is 13.6. The number of benzene rings is 2. The highest BCUT2D eigenvalue weighted by atomic mass is 16.5. The zero-order valence-electron chi connectivity index (χ0n) is 18.5. The van der Waals surface area contributed by atoms with Gasteiger partial charge in [0.1, 0.15) is 11.4 Å². The minimum Gasteiger partial charge on any atom is -0.497 e. The summed E-state index contributed by atoms with van der Waals surface area (Å²) >= 11 is 0. The molecule has 1 amide bonds. The van der Waals surface area contributed by atoms with Crippen molar-refractivity contribution < 1.29 is 14.1 Å². The van der Waals surface area contributed by atoms with Crippen LogP contribution in [0.4, 0.5) is 5.88 Å². The summed E-state index contributed by atoms with van der Waals surface area (Å²) in [4.78, 5) is 17.8. The van der Waals surface area contributed by atoms with Crippen LogP contribution in [-0.2, 0) is 6.54 Å². The average molecular weight is 432 g/mol. The molecule has 0 bridgehead atoms. The highest BCUT2D eigenvalue weighted by Crippen LogP contribution is 2.37. The van der Waals surface area contributed by atoms with Gasteiger partial charge in [0.2, 0.25) is 5.88 Å². The van der Waals surface area contributed by atoms with Gasteiger partial charge in [0.05, 0.1) is 19.2 Å². The topological polar surface area (TPSA) is 58.8 Å². The SMILES string of the molecule is COc1cccc(C(=O)N(Cc2c(-c3ccccc3)noc2N2CCCCC2)C2CC2)c1. The van der Waals surface area contributed by atoms with Crippen LogP contribution < -0.4 is 9.64 Å². The van der Waals surface area contributed by atoms with E-state index in [2.05, 4.69) is 10.1 Å².